The van der Waals surface area contributed by atoms with E-state index < -0.39 is 0 Å². The van der Waals surface area contributed by atoms with Crippen LogP contribution in [-0.2, 0) is 4.79 Å². The summed E-state index contributed by atoms with van der Waals surface area (Å²) in [4.78, 5) is 12.1. The van der Waals surface area contributed by atoms with Crippen molar-refractivity contribution >= 4 is 27.5 Å². The molecule has 3 heteroatoms. The molecule has 0 heterocycles. The van der Waals surface area contributed by atoms with E-state index in [0.29, 0.717) is 12.3 Å². The number of anilines is 1. The lowest BCUT2D eigenvalue weighted by atomic mass is 9.87. The second-order valence-corrected chi connectivity index (χ2v) is 6.47. The largest absolute Gasteiger partial charge is 0.326 e. The van der Waals surface area contributed by atoms with Gasteiger partial charge in [0.25, 0.3) is 0 Å². The highest BCUT2D eigenvalue weighted by Gasteiger charge is 2.17. The Morgan fingerprint density at radius 3 is 2.37 bits per heavy atom. The Labute approximate surface area is 124 Å². The SMILES string of the molecule is Cc1cc(NC(=O)CC2CCCCC2)cc(C)c1Br. The zero-order chi connectivity index (χ0) is 13.8. The molecule has 104 valence electrons. The standard InChI is InChI=1S/C16H22BrNO/c1-11-8-14(9-12(2)16(11)17)18-15(19)10-13-6-4-3-5-7-13/h8-9,13H,3-7,10H2,1-2H3,(H,18,19). The molecule has 1 N–H and O–H groups in total. The van der Waals surface area contributed by atoms with E-state index in [1.807, 2.05) is 26.0 Å². The molecule has 0 spiro atoms. The van der Waals surface area contributed by atoms with Crippen LogP contribution in [0.2, 0.25) is 0 Å². The molecule has 0 atom stereocenters. The summed E-state index contributed by atoms with van der Waals surface area (Å²) >= 11 is 3.55. The summed E-state index contributed by atoms with van der Waals surface area (Å²) in [6.45, 7) is 4.10. The summed E-state index contributed by atoms with van der Waals surface area (Å²) in [6.07, 6.45) is 7.01. The van der Waals surface area contributed by atoms with Crippen LogP contribution in [0.1, 0.15) is 49.7 Å². The van der Waals surface area contributed by atoms with Gasteiger partial charge in [-0.3, -0.25) is 4.79 Å². The number of carbonyl (C=O) groups is 1. The Balaban J connectivity index is 1.94. The van der Waals surface area contributed by atoms with Crippen LogP contribution in [-0.4, -0.2) is 5.91 Å². The molecule has 1 aliphatic rings. The number of nitrogens with one attached hydrogen (secondary N) is 1. The van der Waals surface area contributed by atoms with E-state index in [1.54, 1.807) is 0 Å². The lowest BCUT2D eigenvalue weighted by Crippen LogP contribution is -2.18. The normalized spacial score (nSPS) is 16.4. The van der Waals surface area contributed by atoms with Gasteiger partial charge in [0.15, 0.2) is 0 Å². The van der Waals surface area contributed by atoms with Gasteiger partial charge in [0.1, 0.15) is 0 Å². The van der Waals surface area contributed by atoms with Crippen molar-refractivity contribution in [3.63, 3.8) is 0 Å². The van der Waals surface area contributed by atoms with Crippen molar-refractivity contribution in [2.24, 2.45) is 5.92 Å². The molecule has 1 aromatic carbocycles. The number of hydrogen-bond acceptors (Lipinski definition) is 1. The fourth-order valence-corrected chi connectivity index (χ4v) is 3.11. The maximum absolute atomic E-state index is 12.1. The molecule has 1 fully saturated rings. The molecule has 2 nitrogen and oxygen atoms in total. The first-order valence-corrected chi connectivity index (χ1v) is 7.92. The molecule has 0 radical (unpaired) electrons. The molecular formula is C16H22BrNO. The molecule has 0 unspecified atom stereocenters. The minimum absolute atomic E-state index is 0.160. The number of amides is 1. The Bertz CT molecular complexity index is 441. The predicted octanol–water partition coefficient (Wildman–Crippen LogP) is 4.97. The van der Waals surface area contributed by atoms with E-state index in [4.69, 9.17) is 0 Å². The average Bonchev–Trinajstić information content (AvgIpc) is 2.37. The third-order valence-corrected chi connectivity index (χ3v) is 5.17. The Morgan fingerprint density at radius 1 is 1.21 bits per heavy atom. The van der Waals surface area contributed by atoms with Gasteiger partial charge >= 0.3 is 0 Å². The Hall–Kier alpha value is -0.830. The summed E-state index contributed by atoms with van der Waals surface area (Å²) in [6, 6.07) is 4.05. The average molecular weight is 324 g/mol. The topological polar surface area (TPSA) is 29.1 Å². The smallest absolute Gasteiger partial charge is 0.224 e. The van der Waals surface area contributed by atoms with Crippen molar-refractivity contribution in [3.05, 3.63) is 27.7 Å². The van der Waals surface area contributed by atoms with Gasteiger partial charge in [0.2, 0.25) is 5.91 Å². The van der Waals surface area contributed by atoms with E-state index in [2.05, 4.69) is 21.2 Å². The number of hydrogen-bond donors (Lipinski definition) is 1. The molecule has 0 aliphatic heterocycles. The van der Waals surface area contributed by atoms with Gasteiger partial charge in [-0.05, 0) is 55.9 Å². The predicted molar refractivity (Wildman–Crippen MR) is 83.4 cm³/mol. The van der Waals surface area contributed by atoms with E-state index in [9.17, 15) is 4.79 Å². The number of rotatable bonds is 3. The zero-order valence-electron chi connectivity index (χ0n) is 11.8. The van der Waals surface area contributed by atoms with E-state index in [1.165, 1.54) is 32.1 Å². The van der Waals surface area contributed by atoms with E-state index >= 15 is 0 Å². The molecule has 0 aromatic heterocycles. The van der Waals surface area contributed by atoms with Crippen molar-refractivity contribution in [1.82, 2.24) is 0 Å². The monoisotopic (exact) mass is 323 g/mol. The fraction of sp³-hybridized carbons (Fsp3) is 0.562. The van der Waals surface area contributed by atoms with Crippen LogP contribution in [0.4, 0.5) is 5.69 Å². The molecule has 19 heavy (non-hydrogen) atoms. The lowest BCUT2D eigenvalue weighted by Gasteiger charge is -2.21. The van der Waals surface area contributed by atoms with E-state index in [0.717, 1.165) is 21.3 Å². The highest BCUT2D eigenvalue weighted by atomic mass is 79.9. The lowest BCUT2D eigenvalue weighted by molar-refractivity contribution is -0.117. The number of benzene rings is 1. The molecule has 2 rings (SSSR count). The summed E-state index contributed by atoms with van der Waals surface area (Å²) in [5, 5.41) is 3.04. The fourth-order valence-electron chi connectivity index (χ4n) is 2.88. The molecule has 0 saturated heterocycles. The van der Waals surface area contributed by atoms with Crippen LogP contribution in [0.15, 0.2) is 16.6 Å². The van der Waals surface area contributed by atoms with Crippen molar-refractivity contribution in [2.75, 3.05) is 5.32 Å². The van der Waals surface area contributed by atoms with Crippen molar-refractivity contribution in [1.29, 1.82) is 0 Å². The maximum atomic E-state index is 12.1. The van der Waals surface area contributed by atoms with Crippen LogP contribution in [0.25, 0.3) is 0 Å². The highest BCUT2D eigenvalue weighted by Crippen LogP contribution is 2.28. The second kappa shape index (κ2) is 6.56. The van der Waals surface area contributed by atoms with Crippen LogP contribution >= 0.6 is 15.9 Å². The van der Waals surface area contributed by atoms with Gasteiger partial charge in [-0.1, -0.05) is 35.2 Å². The third-order valence-electron chi connectivity index (χ3n) is 3.92. The molecule has 0 bridgehead atoms. The minimum atomic E-state index is 0.160. The van der Waals surface area contributed by atoms with E-state index in [-0.39, 0.29) is 5.91 Å². The number of halogens is 1. The van der Waals surface area contributed by atoms with Crippen LogP contribution < -0.4 is 5.32 Å². The number of aryl methyl sites for hydroxylation is 2. The zero-order valence-corrected chi connectivity index (χ0v) is 13.3. The van der Waals surface area contributed by atoms with Gasteiger partial charge in [0, 0.05) is 16.6 Å². The molecule has 1 aromatic rings. The van der Waals surface area contributed by atoms with Gasteiger partial charge in [-0.15, -0.1) is 0 Å². The van der Waals surface area contributed by atoms with Gasteiger partial charge in [-0.2, -0.15) is 0 Å². The number of carbonyl (C=O) groups excluding carboxylic acids is 1. The summed E-state index contributed by atoms with van der Waals surface area (Å²) < 4.78 is 1.12. The molecule has 1 amide bonds. The highest BCUT2D eigenvalue weighted by molar-refractivity contribution is 9.10. The van der Waals surface area contributed by atoms with Crippen molar-refractivity contribution < 1.29 is 4.79 Å². The summed E-state index contributed by atoms with van der Waals surface area (Å²) in [5.41, 5.74) is 3.24. The molecule has 1 saturated carbocycles. The second-order valence-electron chi connectivity index (χ2n) is 5.68. The first-order chi connectivity index (χ1) is 9.06. The minimum Gasteiger partial charge on any atom is -0.326 e. The molecular weight excluding hydrogens is 302 g/mol. The van der Waals surface area contributed by atoms with Gasteiger partial charge in [-0.25, -0.2) is 0 Å². The summed E-state index contributed by atoms with van der Waals surface area (Å²) in [7, 11) is 0. The molecule has 1 aliphatic carbocycles. The quantitative estimate of drug-likeness (QED) is 0.835. The van der Waals surface area contributed by atoms with Crippen LogP contribution in [0.3, 0.4) is 0 Å². The van der Waals surface area contributed by atoms with Crippen molar-refractivity contribution in [3.8, 4) is 0 Å². The third kappa shape index (κ3) is 4.07. The first kappa shape index (κ1) is 14.6. The van der Waals surface area contributed by atoms with Gasteiger partial charge in [0.05, 0.1) is 0 Å². The Morgan fingerprint density at radius 2 is 1.79 bits per heavy atom. The van der Waals surface area contributed by atoms with Crippen LogP contribution in [0, 0.1) is 19.8 Å². The first-order valence-electron chi connectivity index (χ1n) is 7.13. The Kier molecular flexibility index (Phi) is 5.03. The van der Waals surface area contributed by atoms with Crippen LogP contribution in [0.5, 0.6) is 0 Å². The maximum Gasteiger partial charge on any atom is 0.224 e. The van der Waals surface area contributed by atoms with Crippen molar-refractivity contribution in [2.45, 2.75) is 52.4 Å². The summed E-state index contributed by atoms with van der Waals surface area (Å²) in [5.74, 6) is 0.749. The van der Waals surface area contributed by atoms with Gasteiger partial charge < -0.3 is 5.32 Å².